The molecule has 0 saturated carbocycles. The molecule has 0 unspecified atom stereocenters. The fraction of sp³-hybridized carbons (Fsp3) is 0.462. The zero-order chi connectivity index (χ0) is 13.1. The summed E-state index contributed by atoms with van der Waals surface area (Å²) in [5.41, 5.74) is 0.994. The Hall–Kier alpha value is -1.27. The molecule has 0 amide bonds. The van der Waals surface area contributed by atoms with Crippen molar-refractivity contribution >= 4 is 15.9 Å². The molecule has 0 bridgehead atoms. The van der Waals surface area contributed by atoms with Gasteiger partial charge in [-0.1, -0.05) is 22.4 Å². The second-order valence-electron chi connectivity index (χ2n) is 4.81. The summed E-state index contributed by atoms with van der Waals surface area (Å²) < 4.78 is 1.05. The Kier molecular flexibility index (Phi) is 3.89. The van der Waals surface area contributed by atoms with E-state index in [4.69, 9.17) is 0 Å². The van der Waals surface area contributed by atoms with Crippen molar-refractivity contribution in [3.8, 4) is 11.4 Å². The zero-order valence-corrected chi connectivity index (χ0v) is 12.3. The second-order valence-corrected chi connectivity index (χ2v) is 5.73. The van der Waals surface area contributed by atoms with Crippen LogP contribution in [0.25, 0.3) is 11.4 Å². The van der Waals surface area contributed by atoms with Crippen LogP contribution in [0.3, 0.4) is 0 Å². The SMILES string of the molecule is Brc1ccc(-c2nnn(CN3CCCCC3)n2)cc1. The van der Waals surface area contributed by atoms with Crippen molar-refractivity contribution in [1.29, 1.82) is 0 Å². The Labute approximate surface area is 120 Å². The predicted molar refractivity (Wildman–Crippen MR) is 76.4 cm³/mol. The third-order valence-electron chi connectivity index (χ3n) is 3.33. The van der Waals surface area contributed by atoms with Gasteiger partial charge in [-0.3, -0.25) is 4.90 Å². The van der Waals surface area contributed by atoms with Crippen molar-refractivity contribution in [3.63, 3.8) is 0 Å². The summed E-state index contributed by atoms with van der Waals surface area (Å²) >= 11 is 3.42. The van der Waals surface area contributed by atoms with Crippen molar-refractivity contribution in [3.05, 3.63) is 28.7 Å². The first kappa shape index (κ1) is 12.7. The van der Waals surface area contributed by atoms with E-state index in [1.54, 1.807) is 4.80 Å². The van der Waals surface area contributed by atoms with E-state index in [0.717, 1.165) is 29.8 Å². The van der Waals surface area contributed by atoms with E-state index in [9.17, 15) is 0 Å². The third-order valence-corrected chi connectivity index (χ3v) is 3.86. The van der Waals surface area contributed by atoms with Crippen molar-refractivity contribution in [1.82, 2.24) is 25.1 Å². The van der Waals surface area contributed by atoms with E-state index in [0.29, 0.717) is 5.82 Å². The first-order chi connectivity index (χ1) is 9.31. The highest BCUT2D eigenvalue weighted by Gasteiger charge is 2.12. The third kappa shape index (κ3) is 3.19. The molecule has 1 saturated heterocycles. The smallest absolute Gasteiger partial charge is 0.204 e. The number of hydrogen-bond donors (Lipinski definition) is 0. The Balaban J connectivity index is 1.70. The number of tetrazole rings is 1. The van der Waals surface area contributed by atoms with Gasteiger partial charge in [0.25, 0.3) is 0 Å². The van der Waals surface area contributed by atoms with E-state index in [2.05, 4.69) is 36.2 Å². The molecule has 100 valence electrons. The van der Waals surface area contributed by atoms with Crippen molar-refractivity contribution in [2.45, 2.75) is 25.9 Å². The topological polar surface area (TPSA) is 46.8 Å². The van der Waals surface area contributed by atoms with E-state index in [1.165, 1.54) is 19.3 Å². The van der Waals surface area contributed by atoms with Gasteiger partial charge in [-0.05, 0) is 55.4 Å². The van der Waals surface area contributed by atoms with Crippen LogP contribution in [-0.4, -0.2) is 38.2 Å². The van der Waals surface area contributed by atoms with Gasteiger partial charge in [-0.2, -0.15) is 0 Å². The molecular formula is C13H16BrN5. The Morgan fingerprint density at radius 3 is 2.53 bits per heavy atom. The standard InChI is InChI=1S/C13H16BrN5/c14-12-6-4-11(5-7-12)13-15-17-19(16-13)10-18-8-2-1-3-9-18/h4-7H,1-3,8-10H2. The molecule has 0 N–H and O–H groups in total. The number of halogens is 1. The maximum atomic E-state index is 4.44. The molecule has 5 nitrogen and oxygen atoms in total. The minimum Gasteiger partial charge on any atom is -0.283 e. The minimum absolute atomic E-state index is 0.685. The quantitative estimate of drug-likeness (QED) is 0.871. The first-order valence-corrected chi connectivity index (χ1v) is 7.37. The highest BCUT2D eigenvalue weighted by Crippen LogP contribution is 2.17. The number of benzene rings is 1. The molecule has 1 aromatic carbocycles. The van der Waals surface area contributed by atoms with Gasteiger partial charge in [0.15, 0.2) is 0 Å². The van der Waals surface area contributed by atoms with Gasteiger partial charge >= 0.3 is 0 Å². The first-order valence-electron chi connectivity index (χ1n) is 6.57. The molecule has 1 fully saturated rings. The number of piperidine rings is 1. The maximum absolute atomic E-state index is 4.44. The van der Waals surface area contributed by atoms with Crippen molar-refractivity contribution < 1.29 is 0 Å². The van der Waals surface area contributed by atoms with Crippen molar-refractivity contribution in [2.24, 2.45) is 0 Å². The highest BCUT2D eigenvalue weighted by molar-refractivity contribution is 9.10. The normalized spacial score (nSPS) is 16.7. The average Bonchev–Trinajstić information content (AvgIpc) is 2.89. The Bertz CT molecular complexity index is 530. The molecule has 6 heteroatoms. The summed E-state index contributed by atoms with van der Waals surface area (Å²) in [4.78, 5) is 4.05. The lowest BCUT2D eigenvalue weighted by molar-refractivity contribution is 0.161. The molecule has 0 aliphatic carbocycles. The van der Waals surface area contributed by atoms with Crippen LogP contribution in [0.5, 0.6) is 0 Å². The number of aromatic nitrogens is 4. The van der Waals surface area contributed by atoms with Crippen LogP contribution in [0.2, 0.25) is 0 Å². The molecule has 19 heavy (non-hydrogen) atoms. The lowest BCUT2D eigenvalue weighted by Crippen LogP contribution is -2.32. The summed E-state index contributed by atoms with van der Waals surface area (Å²) in [6.07, 6.45) is 3.88. The monoisotopic (exact) mass is 321 g/mol. The molecule has 2 heterocycles. The average molecular weight is 322 g/mol. The Morgan fingerprint density at radius 1 is 1.05 bits per heavy atom. The number of hydrogen-bond acceptors (Lipinski definition) is 4. The fourth-order valence-corrected chi connectivity index (χ4v) is 2.56. The number of nitrogens with zero attached hydrogens (tertiary/aromatic N) is 5. The highest BCUT2D eigenvalue weighted by atomic mass is 79.9. The summed E-state index contributed by atoms with van der Waals surface area (Å²) in [6, 6.07) is 7.96. The Morgan fingerprint density at radius 2 is 1.79 bits per heavy atom. The van der Waals surface area contributed by atoms with Gasteiger partial charge in [0, 0.05) is 10.0 Å². The van der Waals surface area contributed by atoms with Crippen LogP contribution in [0.1, 0.15) is 19.3 Å². The lowest BCUT2D eigenvalue weighted by Gasteiger charge is -2.25. The molecule has 1 aliphatic rings. The molecule has 2 aromatic rings. The van der Waals surface area contributed by atoms with E-state index in [-0.39, 0.29) is 0 Å². The van der Waals surface area contributed by atoms with Crippen molar-refractivity contribution in [2.75, 3.05) is 13.1 Å². The van der Waals surface area contributed by atoms with Crippen LogP contribution in [0.15, 0.2) is 28.7 Å². The van der Waals surface area contributed by atoms with Gasteiger partial charge in [-0.15, -0.1) is 15.0 Å². The molecule has 3 rings (SSSR count). The minimum atomic E-state index is 0.685. The molecule has 0 atom stereocenters. The van der Waals surface area contributed by atoms with Gasteiger partial charge in [0.1, 0.15) is 6.67 Å². The zero-order valence-electron chi connectivity index (χ0n) is 10.7. The maximum Gasteiger partial charge on any atom is 0.204 e. The lowest BCUT2D eigenvalue weighted by atomic mass is 10.1. The predicted octanol–water partition coefficient (Wildman–Crippen LogP) is 2.55. The van der Waals surface area contributed by atoms with E-state index in [1.807, 2.05) is 24.3 Å². The van der Waals surface area contributed by atoms with Crippen LogP contribution in [0, 0.1) is 0 Å². The van der Waals surface area contributed by atoms with Crippen LogP contribution < -0.4 is 0 Å². The van der Waals surface area contributed by atoms with E-state index >= 15 is 0 Å². The largest absolute Gasteiger partial charge is 0.283 e. The molecule has 0 radical (unpaired) electrons. The van der Waals surface area contributed by atoms with Crippen LogP contribution >= 0.6 is 15.9 Å². The van der Waals surface area contributed by atoms with Crippen LogP contribution in [0.4, 0.5) is 0 Å². The van der Waals surface area contributed by atoms with Gasteiger partial charge in [-0.25, -0.2) is 0 Å². The summed E-state index contributed by atoms with van der Waals surface area (Å²) in [5.74, 6) is 0.685. The molecule has 1 aliphatic heterocycles. The summed E-state index contributed by atoms with van der Waals surface area (Å²) in [5, 5.41) is 12.7. The molecule has 1 aromatic heterocycles. The second kappa shape index (κ2) is 5.79. The van der Waals surface area contributed by atoms with Gasteiger partial charge in [0.2, 0.25) is 5.82 Å². The van der Waals surface area contributed by atoms with E-state index < -0.39 is 0 Å². The fourth-order valence-electron chi connectivity index (χ4n) is 2.30. The van der Waals surface area contributed by atoms with Crippen LogP contribution in [-0.2, 0) is 6.67 Å². The molecule has 0 spiro atoms. The summed E-state index contributed by atoms with van der Waals surface area (Å²) in [7, 11) is 0. The van der Waals surface area contributed by atoms with Gasteiger partial charge < -0.3 is 0 Å². The molecular weight excluding hydrogens is 306 g/mol. The summed E-state index contributed by atoms with van der Waals surface area (Å²) in [6.45, 7) is 3.01. The number of likely N-dealkylation sites (tertiary alicyclic amines) is 1. The van der Waals surface area contributed by atoms with Gasteiger partial charge in [0.05, 0.1) is 0 Å². The number of rotatable bonds is 3.